The van der Waals surface area contributed by atoms with Gasteiger partial charge in [0, 0.05) is 12.2 Å². The van der Waals surface area contributed by atoms with Crippen molar-refractivity contribution in [1.29, 1.82) is 0 Å². The highest BCUT2D eigenvalue weighted by molar-refractivity contribution is 6.30. The summed E-state index contributed by atoms with van der Waals surface area (Å²) in [5.41, 5.74) is 7.44. The number of para-hydroxylation sites is 1. The number of carbonyl (C=O) groups is 1. The number of aromatic nitrogens is 1. The Morgan fingerprint density at radius 2 is 2.05 bits per heavy atom. The van der Waals surface area contributed by atoms with Crippen LogP contribution >= 0.6 is 11.6 Å². The van der Waals surface area contributed by atoms with Gasteiger partial charge in [-0.05, 0) is 24.6 Å². The molecule has 4 nitrogen and oxygen atoms in total. The first kappa shape index (κ1) is 15.3. The fourth-order valence-electron chi connectivity index (χ4n) is 2.04. The van der Waals surface area contributed by atoms with Crippen LogP contribution in [-0.4, -0.2) is 17.4 Å². The lowest BCUT2D eigenvalue weighted by atomic mass is 10.1. The van der Waals surface area contributed by atoms with E-state index in [9.17, 15) is 4.79 Å². The Labute approximate surface area is 129 Å². The first-order valence-corrected chi connectivity index (χ1v) is 7.29. The average molecular weight is 304 g/mol. The molecule has 2 rings (SSSR count). The van der Waals surface area contributed by atoms with Crippen LogP contribution in [0.15, 0.2) is 42.6 Å². The summed E-state index contributed by atoms with van der Waals surface area (Å²) >= 11 is 5.88. The predicted molar refractivity (Wildman–Crippen MR) is 86.7 cm³/mol. The Morgan fingerprint density at radius 3 is 2.71 bits per heavy atom. The van der Waals surface area contributed by atoms with E-state index in [0.29, 0.717) is 17.8 Å². The van der Waals surface area contributed by atoms with E-state index in [4.69, 9.17) is 17.3 Å². The largest absolute Gasteiger partial charge is 0.397 e. The van der Waals surface area contributed by atoms with E-state index in [0.717, 1.165) is 18.5 Å². The normalized spacial score (nSPS) is 10.4. The van der Waals surface area contributed by atoms with E-state index < -0.39 is 0 Å². The van der Waals surface area contributed by atoms with Crippen molar-refractivity contribution < 1.29 is 4.79 Å². The molecule has 0 spiro atoms. The summed E-state index contributed by atoms with van der Waals surface area (Å²) in [4.78, 5) is 18.4. The lowest BCUT2D eigenvalue weighted by Crippen LogP contribution is -2.32. The number of unbranched alkanes of at least 4 members (excludes halogenated alkanes) is 1. The number of hydrogen-bond acceptors (Lipinski definition) is 3. The number of carbonyl (C=O) groups excluding carboxylic acids is 1. The Morgan fingerprint density at radius 1 is 1.33 bits per heavy atom. The molecule has 5 heteroatoms. The van der Waals surface area contributed by atoms with Crippen molar-refractivity contribution in [2.45, 2.75) is 19.8 Å². The van der Waals surface area contributed by atoms with Crippen molar-refractivity contribution >= 4 is 28.9 Å². The van der Waals surface area contributed by atoms with E-state index in [1.807, 2.05) is 30.3 Å². The van der Waals surface area contributed by atoms with Crippen LogP contribution in [0.1, 0.15) is 30.1 Å². The molecule has 110 valence electrons. The molecular weight excluding hydrogens is 286 g/mol. The first-order chi connectivity index (χ1) is 10.1. The number of nitrogens with two attached hydrogens (primary N) is 1. The number of amides is 1. The minimum Gasteiger partial charge on any atom is -0.397 e. The lowest BCUT2D eigenvalue weighted by Gasteiger charge is -2.23. The molecule has 1 heterocycles. The fourth-order valence-corrected chi connectivity index (χ4v) is 2.20. The van der Waals surface area contributed by atoms with E-state index in [2.05, 4.69) is 11.9 Å². The Hall–Kier alpha value is -2.07. The van der Waals surface area contributed by atoms with Gasteiger partial charge in [0.1, 0.15) is 5.15 Å². The molecule has 0 aliphatic rings. The minimum atomic E-state index is -0.156. The molecule has 1 aromatic carbocycles. The molecule has 2 aromatic rings. The van der Waals surface area contributed by atoms with Crippen molar-refractivity contribution in [2.24, 2.45) is 0 Å². The third-order valence-electron chi connectivity index (χ3n) is 3.18. The van der Waals surface area contributed by atoms with Crippen LogP contribution < -0.4 is 10.6 Å². The van der Waals surface area contributed by atoms with Crippen molar-refractivity contribution in [3.8, 4) is 0 Å². The SMILES string of the molecule is CCCCN(C(=O)c1cc(Cl)ncc1N)c1ccccc1. The summed E-state index contributed by atoms with van der Waals surface area (Å²) in [6.07, 6.45) is 3.33. The van der Waals surface area contributed by atoms with Gasteiger partial charge in [-0.3, -0.25) is 4.79 Å². The molecule has 1 aromatic heterocycles. The van der Waals surface area contributed by atoms with Gasteiger partial charge in [0.05, 0.1) is 17.4 Å². The van der Waals surface area contributed by atoms with Crippen molar-refractivity contribution in [2.75, 3.05) is 17.2 Å². The minimum absolute atomic E-state index is 0.156. The molecule has 0 radical (unpaired) electrons. The number of rotatable bonds is 5. The smallest absolute Gasteiger partial charge is 0.260 e. The van der Waals surface area contributed by atoms with Gasteiger partial charge in [0.2, 0.25) is 0 Å². The maximum absolute atomic E-state index is 12.8. The molecule has 0 saturated heterocycles. The van der Waals surface area contributed by atoms with Crippen molar-refractivity contribution in [3.63, 3.8) is 0 Å². The molecule has 0 bridgehead atoms. The van der Waals surface area contributed by atoms with E-state index in [1.165, 1.54) is 12.3 Å². The molecule has 0 unspecified atom stereocenters. The summed E-state index contributed by atoms with van der Waals surface area (Å²) in [7, 11) is 0. The molecule has 2 N–H and O–H groups in total. The number of hydrogen-bond donors (Lipinski definition) is 1. The highest BCUT2D eigenvalue weighted by Gasteiger charge is 2.20. The lowest BCUT2D eigenvalue weighted by molar-refractivity contribution is 0.0987. The number of anilines is 2. The standard InChI is InChI=1S/C16H18ClN3O/c1-2-3-9-20(12-7-5-4-6-8-12)16(21)13-10-15(17)19-11-14(13)18/h4-8,10-11H,2-3,9,18H2,1H3. The van der Waals surface area contributed by atoms with Crippen LogP contribution in [0.3, 0.4) is 0 Å². The Bertz CT molecular complexity index is 616. The second-order valence-electron chi connectivity index (χ2n) is 4.74. The summed E-state index contributed by atoms with van der Waals surface area (Å²) in [5.74, 6) is -0.156. The number of halogens is 1. The monoisotopic (exact) mass is 303 g/mol. The molecular formula is C16H18ClN3O. The molecule has 0 fully saturated rings. The van der Waals surface area contributed by atoms with Gasteiger partial charge in [-0.15, -0.1) is 0 Å². The van der Waals surface area contributed by atoms with Gasteiger partial charge in [0.15, 0.2) is 0 Å². The van der Waals surface area contributed by atoms with Gasteiger partial charge in [0.25, 0.3) is 5.91 Å². The van der Waals surface area contributed by atoms with Crippen molar-refractivity contribution in [3.05, 3.63) is 53.3 Å². The summed E-state index contributed by atoms with van der Waals surface area (Å²) in [6.45, 7) is 2.73. The molecule has 0 aliphatic carbocycles. The first-order valence-electron chi connectivity index (χ1n) is 6.91. The Balaban J connectivity index is 2.36. The van der Waals surface area contributed by atoms with Crippen LogP contribution in [0.4, 0.5) is 11.4 Å². The molecule has 1 amide bonds. The van der Waals surface area contributed by atoms with Crippen LogP contribution in [0, 0.1) is 0 Å². The molecule has 0 atom stereocenters. The molecule has 0 aliphatic heterocycles. The number of nitrogens with zero attached hydrogens (tertiary/aromatic N) is 2. The number of nitrogen functional groups attached to an aromatic ring is 1. The van der Waals surface area contributed by atoms with Crippen molar-refractivity contribution in [1.82, 2.24) is 4.98 Å². The molecule has 21 heavy (non-hydrogen) atoms. The average Bonchev–Trinajstić information content (AvgIpc) is 2.51. The van der Waals surface area contributed by atoms with E-state index in [-0.39, 0.29) is 11.1 Å². The maximum Gasteiger partial charge on any atom is 0.260 e. The number of pyridine rings is 1. The zero-order valence-electron chi connectivity index (χ0n) is 11.9. The van der Waals surface area contributed by atoms with Crippen LogP contribution in [0.2, 0.25) is 5.15 Å². The number of benzene rings is 1. The maximum atomic E-state index is 12.8. The highest BCUT2D eigenvalue weighted by atomic mass is 35.5. The zero-order chi connectivity index (χ0) is 15.2. The fraction of sp³-hybridized carbons (Fsp3) is 0.250. The third-order valence-corrected chi connectivity index (χ3v) is 3.39. The summed E-state index contributed by atoms with van der Waals surface area (Å²) < 4.78 is 0. The van der Waals surface area contributed by atoms with Crippen LogP contribution in [-0.2, 0) is 0 Å². The van der Waals surface area contributed by atoms with Gasteiger partial charge >= 0.3 is 0 Å². The quantitative estimate of drug-likeness (QED) is 0.855. The zero-order valence-corrected chi connectivity index (χ0v) is 12.7. The van der Waals surface area contributed by atoms with Crippen LogP contribution in [0.25, 0.3) is 0 Å². The van der Waals surface area contributed by atoms with Crippen LogP contribution in [0.5, 0.6) is 0 Å². The van der Waals surface area contributed by atoms with E-state index >= 15 is 0 Å². The van der Waals surface area contributed by atoms with E-state index in [1.54, 1.807) is 4.90 Å². The third kappa shape index (κ3) is 3.73. The van der Waals surface area contributed by atoms with Gasteiger partial charge in [-0.2, -0.15) is 0 Å². The van der Waals surface area contributed by atoms with Gasteiger partial charge in [-0.25, -0.2) is 4.98 Å². The highest BCUT2D eigenvalue weighted by Crippen LogP contribution is 2.22. The summed E-state index contributed by atoms with van der Waals surface area (Å²) in [6, 6.07) is 11.1. The molecule has 0 saturated carbocycles. The van der Waals surface area contributed by atoms with Gasteiger partial charge < -0.3 is 10.6 Å². The summed E-state index contributed by atoms with van der Waals surface area (Å²) in [5, 5.41) is 0.260. The Kier molecular flexibility index (Phi) is 5.17. The topological polar surface area (TPSA) is 59.2 Å². The van der Waals surface area contributed by atoms with Gasteiger partial charge in [-0.1, -0.05) is 43.1 Å². The second kappa shape index (κ2) is 7.09. The second-order valence-corrected chi connectivity index (χ2v) is 5.13. The predicted octanol–water partition coefficient (Wildman–Crippen LogP) is 3.76.